The van der Waals surface area contributed by atoms with Crippen LogP contribution in [0.15, 0.2) is 35.3 Å². The average Bonchev–Trinajstić information content (AvgIpc) is 2.25. The van der Waals surface area contributed by atoms with Crippen LogP contribution in [0.25, 0.3) is 0 Å². The molecule has 1 rings (SSSR count). The Balaban J connectivity index is 2.79. The van der Waals surface area contributed by atoms with Crippen LogP contribution < -0.4 is 0 Å². The maximum absolute atomic E-state index is 8.64. The van der Waals surface area contributed by atoms with Gasteiger partial charge in [0.1, 0.15) is 5.76 Å². The minimum Gasteiger partial charge on any atom is -0.497 e. The third-order valence-electron chi connectivity index (χ3n) is 2.14. The van der Waals surface area contributed by atoms with E-state index in [-0.39, 0.29) is 6.61 Å². The van der Waals surface area contributed by atoms with Gasteiger partial charge in [0.25, 0.3) is 0 Å². The number of aliphatic hydroxyl groups is 1. The van der Waals surface area contributed by atoms with Crippen molar-refractivity contribution in [2.24, 2.45) is 0 Å². The van der Waals surface area contributed by atoms with Gasteiger partial charge in [-0.25, -0.2) is 0 Å². The molecule has 0 aromatic heterocycles. The van der Waals surface area contributed by atoms with Gasteiger partial charge in [-0.15, -0.1) is 0 Å². The minimum atomic E-state index is 0.0699. The zero-order valence-electron chi connectivity index (χ0n) is 8.62. The summed E-state index contributed by atoms with van der Waals surface area (Å²) in [6.07, 6.45) is 7.34. The topological polar surface area (TPSA) is 38.7 Å². The third kappa shape index (κ3) is 2.64. The number of ether oxygens (including phenoxy) is 2. The largest absolute Gasteiger partial charge is 0.497 e. The first-order chi connectivity index (χ1) is 6.81. The predicted octanol–water partition coefficient (Wildman–Crippen LogP) is 1.76. The Labute approximate surface area is 84.3 Å². The molecule has 1 aliphatic carbocycles. The van der Waals surface area contributed by atoms with E-state index in [9.17, 15) is 0 Å². The molecule has 14 heavy (non-hydrogen) atoms. The van der Waals surface area contributed by atoms with Crippen molar-refractivity contribution >= 4 is 0 Å². The first-order valence-corrected chi connectivity index (χ1v) is 4.61. The maximum atomic E-state index is 8.64. The van der Waals surface area contributed by atoms with Gasteiger partial charge in [0.05, 0.1) is 20.8 Å². The number of hydrogen-bond donors (Lipinski definition) is 1. The van der Waals surface area contributed by atoms with Gasteiger partial charge in [-0.05, 0) is 18.1 Å². The molecule has 0 saturated carbocycles. The van der Waals surface area contributed by atoms with Crippen LogP contribution in [0.2, 0.25) is 0 Å². The molecule has 0 aromatic carbocycles. The Morgan fingerprint density at radius 1 is 1.36 bits per heavy atom. The molecule has 0 radical (unpaired) electrons. The molecule has 3 nitrogen and oxygen atoms in total. The molecular weight excluding hydrogens is 180 g/mol. The van der Waals surface area contributed by atoms with Crippen LogP contribution in [-0.2, 0) is 9.47 Å². The molecule has 1 N–H and O–H groups in total. The number of aliphatic hydroxyl groups excluding tert-OH is 1. The molecule has 0 saturated heterocycles. The third-order valence-corrected chi connectivity index (χ3v) is 2.14. The van der Waals surface area contributed by atoms with E-state index >= 15 is 0 Å². The summed E-state index contributed by atoms with van der Waals surface area (Å²) in [5.74, 6) is 1.66. The van der Waals surface area contributed by atoms with Crippen molar-refractivity contribution in [1.82, 2.24) is 0 Å². The summed E-state index contributed by atoms with van der Waals surface area (Å²) in [5, 5.41) is 8.64. The molecule has 0 amide bonds. The van der Waals surface area contributed by atoms with E-state index in [1.165, 1.54) is 0 Å². The molecule has 0 spiro atoms. The van der Waals surface area contributed by atoms with Gasteiger partial charge in [-0.2, -0.15) is 0 Å². The van der Waals surface area contributed by atoms with Crippen LogP contribution >= 0.6 is 0 Å². The van der Waals surface area contributed by atoms with Crippen LogP contribution in [0.3, 0.4) is 0 Å². The van der Waals surface area contributed by atoms with Crippen molar-refractivity contribution in [3.63, 3.8) is 0 Å². The highest BCUT2D eigenvalue weighted by atomic mass is 16.5. The second kappa shape index (κ2) is 5.50. The summed E-state index contributed by atoms with van der Waals surface area (Å²) in [6.45, 7) is 0.0699. The van der Waals surface area contributed by atoms with Crippen molar-refractivity contribution in [2.75, 3.05) is 20.8 Å². The lowest BCUT2D eigenvalue weighted by Gasteiger charge is -2.16. The van der Waals surface area contributed by atoms with Crippen LogP contribution in [0.4, 0.5) is 0 Å². The van der Waals surface area contributed by atoms with E-state index in [2.05, 4.69) is 0 Å². The highest BCUT2D eigenvalue weighted by molar-refractivity contribution is 5.33. The Kier molecular flexibility index (Phi) is 4.26. The first kappa shape index (κ1) is 10.9. The zero-order chi connectivity index (χ0) is 10.4. The van der Waals surface area contributed by atoms with E-state index < -0.39 is 0 Å². The Hall–Kier alpha value is -1.22. The monoisotopic (exact) mass is 196 g/mol. The first-order valence-electron chi connectivity index (χ1n) is 4.61. The van der Waals surface area contributed by atoms with Gasteiger partial charge in [0.2, 0.25) is 0 Å². The summed E-state index contributed by atoms with van der Waals surface area (Å²) in [5.41, 5.74) is 1.15. The highest BCUT2D eigenvalue weighted by Gasteiger charge is 2.12. The van der Waals surface area contributed by atoms with E-state index in [4.69, 9.17) is 14.6 Å². The Bertz CT molecular complexity index is 274. The molecule has 0 aliphatic heterocycles. The van der Waals surface area contributed by atoms with E-state index in [0.29, 0.717) is 0 Å². The Morgan fingerprint density at radius 2 is 2.14 bits per heavy atom. The van der Waals surface area contributed by atoms with Crippen molar-refractivity contribution in [3.8, 4) is 0 Å². The van der Waals surface area contributed by atoms with Gasteiger partial charge in [0, 0.05) is 6.42 Å². The van der Waals surface area contributed by atoms with Crippen LogP contribution in [0.5, 0.6) is 0 Å². The lowest BCUT2D eigenvalue weighted by atomic mass is 10.0. The lowest BCUT2D eigenvalue weighted by Crippen LogP contribution is -2.02. The highest BCUT2D eigenvalue weighted by Crippen LogP contribution is 2.25. The fourth-order valence-electron chi connectivity index (χ4n) is 1.41. The number of methoxy groups -OCH3 is 2. The van der Waals surface area contributed by atoms with E-state index in [1.54, 1.807) is 20.3 Å². The van der Waals surface area contributed by atoms with E-state index in [1.807, 2.05) is 12.2 Å². The molecule has 1 aliphatic rings. The second-order valence-electron chi connectivity index (χ2n) is 3.00. The van der Waals surface area contributed by atoms with Gasteiger partial charge in [0.15, 0.2) is 5.76 Å². The van der Waals surface area contributed by atoms with Gasteiger partial charge >= 0.3 is 0 Å². The molecule has 0 heterocycles. The SMILES string of the molecule is COC1=C(OC)CCC(/C=C/CO)=C1. The fourth-order valence-corrected chi connectivity index (χ4v) is 1.41. The summed E-state index contributed by atoms with van der Waals surface area (Å²) < 4.78 is 10.4. The number of rotatable bonds is 4. The zero-order valence-corrected chi connectivity index (χ0v) is 8.62. The summed E-state index contributed by atoms with van der Waals surface area (Å²) >= 11 is 0. The quantitative estimate of drug-likeness (QED) is 0.744. The van der Waals surface area contributed by atoms with Crippen molar-refractivity contribution < 1.29 is 14.6 Å². The molecule has 3 heteroatoms. The van der Waals surface area contributed by atoms with Crippen LogP contribution in [0.1, 0.15) is 12.8 Å². The molecule has 78 valence electrons. The maximum Gasteiger partial charge on any atom is 0.156 e. The molecule has 0 unspecified atom stereocenters. The molecule has 0 fully saturated rings. The van der Waals surface area contributed by atoms with Crippen molar-refractivity contribution in [3.05, 3.63) is 35.3 Å². The fraction of sp³-hybridized carbons (Fsp3) is 0.455. The second-order valence-corrected chi connectivity index (χ2v) is 3.00. The molecular formula is C11H16O3. The Morgan fingerprint density at radius 3 is 2.71 bits per heavy atom. The lowest BCUT2D eigenvalue weighted by molar-refractivity contribution is 0.218. The van der Waals surface area contributed by atoms with Gasteiger partial charge in [-0.3, -0.25) is 0 Å². The van der Waals surface area contributed by atoms with Crippen LogP contribution in [-0.4, -0.2) is 25.9 Å². The van der Waals surface area contributed by atoms with Crippen molar-refractivity contribution in [1.29, 1.82) is 0 Å². The summed E-state index contributed by atoms with van der Waals surface area (Å²) in [6, 6.07) is 0. The average molecular weight is 196 g/mol. The predicted molar refractivity (Wildman–Crippen MR) is 54.6 cm³/mol. The molecule has 0 bridgehead atoms. The smallest absolute Gasteiger partial charge is 0.156 e. The van der Waals surface area contributed by atoms with Crippen molar-refractivity contribution in [2.45, 2.75) is 12.8 Å². The number of allylic oxidation sites excluding steroid dienone is 4. The number of hydrogen-bond acceptors (Lipinski definition) is 3. The molecule has 0 atom stereocenters. The summed E-state index contributed by atoms with van der Waals surface area (Å²) in [7, 11) is 3.28. The normalized spacial score (nSPS) is 17.2. The van der Waals surface area contributed by atoms with Crippen LogP contribution in [0, 0.1) is 0 Å². The van der Waals surface area contributed by atoms with E-state index in [0.717, 1.165) is 29.9 Å². The van der Waals surface area contributed by atoms with Gasteiger partial charge < -0.3 is 14.6 Å². The standard InChI is InChI=1S/C11H16O3/c1-13-10-6-5-9(4-3-7-12)8-11(10)14-2/h3-4,8,12H,5-7H2,1-2H3/b4-3+. The summed E-state index contributed by atoms with van der Waals surface area (Å²) in [4.78, 5) is 0. The minimum absolute atomic E-state index is 0.0699. The van der Waals surface area contributed by atoms with Gasteiger partial charge in [-0.1, -0.05) is 12.2 Å². The molecule has 0 aromatic rings.